The van der Waals surface area contributed by atoms with Gasteiger partial charge in [0.05, 0.1) is 41.6 Å². The summed E-state index contributed by atoms with van der Waals surface area (Å²) in [5, 5.41) is 18.3. The van der Waals surface area contributed by atoms with E-state index in [-0.39, 0.29) is 23.7 Å². The predicted molar refractivity (Wildman–Crippen MR) is 201 cm³/mol. The Morgan fingerprint density at radius 3 is 0.875 bits per heavy atom. The van der Waals surface area contributed by atoms with Gasteiger partial charge in [0.2, 0.25) is 0 Å². The van der Waals surface area contributed by atoms with Crippen LogP contribution in [-0.4, -0.2) is 32.9 Å². The number of rotatable bonds is 11. The molecular formula is C41H41CuO4P2+2. The zero-order valence-electron chi connectivity index (χ0n) is 26.9. The van der Waals surface area contributed by atoms with Crippen LogP contribution < -0.4 is 36.9 Å². The Kier molecular flexibility index (Phi) is 18.2. The Labute approximate surface area is 297 Å². The van der Waals surface area contributed by atoms with Gasteiger partial charge in [0.1, 0.15) is 31.8 Å². The summed E-state index contributed by atoms with van der Waals surface area (Å²) >= 11 is 0. The molecule has 4 nitrogen and oxygen atoms in total. The van der Waals surface area contributed by atoms with E-state index in [0.29, 0.717) is 13.2 Å². The predicted octanol–water partition coefficient (Wildman–Crippen LogP) is 4.75. The fraction of sp³-hybridized carbons (Fsp3) is 0.0976. The van der Waals surface area contributed by atoms with Crippen LogP contribution in [0.2, 0.25) is 0 Å². The molecule has 0 radical (unpaired) electrons. The fourth-order valence-electron chi connectivity index (χ4n) is 4.93. The first-order chi connectivity index (χ1) is 23.2. The average Bonchev–Trinajstić information content (AvgIpc) is 3.14. The van der Waals surface area contributed by atoms with Crippen LogP contribution in [0.3, 0.4) is 0 Å². The molecule has 0 atom stereocenters. The van der Waals surface area contributed by atoms with Crippen LogP contribution in [0, 0.1) is 0 Å². The second kappa shape index (κ2) is 22.6. The van der Waals surface area contributed by atoms with E-state index in [9.17, 15) is 9.90 Å². The molecule has 0 aliphatic rings. The number of benzene rings is 6. The quantitative estimate of drug-likeness (QED) is 0.110. The summed E-state index contributed by atoms with van der Waals surface area (Å²) in [5.74, 6) is -1.20. The number of carbonyl (C=O) groups excluding carboxylic acids is 1. The monoisotopic (exact) mass is 722 g/mol. The molecule has 0 aromatic heterocycles. The van der Waals surface area contributed by atoms with E-state index < -0.39 is 21.8 Å². The number of aliphatic carboxylic acids is 1. The molecule has 0 saturated heterocycles. The summed E-state index contributed by atoms with van der Waals surface area (Å²) in [7, 11) is -0.238. The van der Waals surface area contributed by atoms with Crippen molar-refractivity contribution in [2.24, 2.45) is 0 Å². The van der Waals surface area contributed by atoms with Gasteiger partial charge in [0.25, 0.3) is 0 Å². The number of carbonyl (C=O) groups is 1. The fourth-order valence-corrected chi connectivity index (χ4v) is 10.1. The molecule has 6 aromatic rings. The SMILES string of the molecule is COCCOCC(=O)[O-].[Cu+].c1ccc([PH+](c2ccccc2)c2ccccc2)cc1.c1ccc([PH+](c2ccccc2)c2ccccc2)cc1. The summed E-state index contributed by atoms with van der Waals surface area (Å²) in [6.45, 7) is 0.348. The van der Waals surface area contributed by atoms with E-state index in [0.717, 1.165) is 0 Å². The molecule has 0 aliphatic carbocycles. The molecule has 6 aromatic carbocycles. The number of ether oxygens (including phenoxy) is 2. The third kappa shape index (κ3) is 12.9. The number of methoxy groups -OCH3 is 1. The normalized spacial score (nSPS) is 10.1. The van der Waals surface area contributed by atoms with Crippen molar-refractivity contribution in [1.29, 1.82) is 0 Å². The maximum Gasteiger partial charge on any atom is 1.00 e. The Bertz CT molecular complexity index is 1370. The van der Waals surface area contributed by atoms with E-state index in [1.54, 1.807) is 0 Å². The minimum absolute atomic E-state index is 0. The number of carboxylic acids is 1. The van der Waals surface area contributed by atoms with Gasteiger partial charge < -0.3 is 19.4 Å². The van der Waals surface area contributed by atoms with Gasteiger partial charge in [0, 0.05) is 7.11 Å². The number of hydrogen-bond acceptors (Lipinski definition) is 4. The second-order valence-electron chi connectivity index (χ2n) is 10.4. The van der Waals surface area contributed by atoms with Gasteiger partial charge in [-0.25, -0.2) is 0 Å². The van der Waals surface area contributed by atoms with Crippen molar-refractivity contribution >= 4 is 53.6 Å². The number of carboxylic acid groups (broad SMARTS) is 1. The van der Waals surface area contributed by atoms with Crippen LogP contribution in [0.4, 0.5) is 0 Å². The molecule has 0 aliphatic heterocycles. The van der Waals surface area contributed by atoms with Gasteiger partial charge in [-0.15, -0.1) is 0 Å². The summed E-state index contributed by atoms with van der Waals surface area (Å²) in [5.41, 5.74) is 0. The molecule has 0 saturated carbocycles. The Morgan fingerprint density at radius 1 is 0.458 bits per heavy atom. The maximum atomic E-state index is 9.69. The summed E-state index contributed by atoms with van der Waals surface area (Å²) in [6, 6.07) is 65.0. The second-order valence-corrected chi connectivity index (χ2v) is 15.3. The topological polar surface area (TPSA) is 58.6 Å². The van der Waals surface area contributed by atoms with Crippen molar-refractivity contribution in [3.05, 3.63) is 182 Å². The largest absolute Gasteiger partial charge is 1.00 e. The molecule has 0 fully saturated rings. The van der Waals surface area contributed by atoms with Crippen LogP contribution in [0.1, 0.15) is 0 Å². The van der Waals surface area contributed by atoms with Gasteiger partial charge in [0.15, 0.2) is 0 Å². The van der Waals surface area contributed by atoms with Crippen molar-refractivity contribution in [1.82, 2.24) is 0 Å². The van der Waals surface area contributed by atoms with Gasteiger partial charge in [-0.05, 0) is 72.8 Å². The van der Waals surface area contributed by atoms with Crippen molar-refractivity contribution in [3.63, 3.8) is 0 Å². The minimum Gasteiger partial charge on any atom is -0.548 e. The van der Waals surface area contributed by atoms with Crippen LogP contribution in [0.5, 0.6) is 0 Å². The van der Waals surface area contributed by atoms with Crippen LogP contribution in [0.25, 0.3) is 0 Å². The molecule has 0 heterocycles. The third-order valence-corrected chi connectivity index (χ3v) is 12.5. The maximum absolute atomic E-state index is 9.69. The van der Waals surface area contributed by atoms with Crippen molar-refractivity contribution < 1.29 is 36.4 Å². The van der Waals surface area contributed by atoms with E-state index in [4.69, 9.17) is 0 Å². The Morgan fingerprint density at radius 2 is 0.688 bits per heavy atom. The summed E-state index contributed by atoms with van der Waals surface area (Å²) in [4.78, 5) is 9.69. The first-order valence-corrected chi connectivity index (χ1v) is 18.5. The first kappa shape index (κ1) is 38.5. The minimum atomic E-state index is -1.20. The first-order valence-electron chi connectivity index (χ1n) is 15.5. The van der Waals surface area contributed by atoms with Gasteiger partial charge in [-0.2, -0.15) is 0 Å². The van der Waals surface area contributed by atoms with E-state index in [1.807, 2.05) is 0 Å². The molecule has 0 unspecified atom stereocenters. The average molecular weight is 723 g/mol. The van der Waals surface area contributed by atoms with Crippen LogP contribution in [0.15, 0.2) is 182 Å². The van der Waals surface area contributed by atoms with E-state index in [1.165, 1.54) is 38.9 Å². The molecule has 0 spiro atoms. The van der Waals surface area contributed by atoms with Crippen molar-refractivity contribution in [3.8, 4) is 0 Å². The zero-order chi connectivity index (χ0) is 32.9. The Hall–Kier alpha value is -3.91. The van der Waals surface area contributed by atoms with Gasteiger partial charge >= 0.3 is 17.1 Å². The van der Waals surface area contributed by atoms with Crippen molar-refractivity contribution in [2.75, 3.05) is 26.9 Å². The van der Waals surface area contributed by atoms with E-state index in [2.05, 4.69) is 191 Å². The molecule has 7 heteroatoms. The van der Waals surface area contributed by atoms with Gasteiger partial charge in [-0.3, -0.25) is 0 Å². The molecule has 6 rings (SSSR count). The molecule has 0 N–H and O–H groups in total. The van der Waals surface area contributed by atoms with E-state index >= 15 is 0 Å². The number of hydrogen-bond donors (Lipinski definition) is 0. The molecule has 248 valence electrons. The Balaban J connectivity index is 0.000000207. The smallest absolute Gasteiger partial charge is 0.548 e. The summed E-state index contributed by atoms with van der Waals surface area (Å²) in [6.07, 6.45) is 0. The molecule has 0 amide bonds. The summed E-state index contributed by atoms with van der Waals surface area (Å²) < 4.78 is 9.13. The van der Waals surface area contributed by atoms with Crippen molar-refractivity contribution in [2.45, 2.75) is 0 Å². The van der Waals surface area contributed by atoms with Crippen LogP contribution >= 0.6 is 15.8 Å². The molecule has 0 bridgehead atoms. The van der Waals surface area contributed by atoms with Gasteiger partial charge in [-0.1, -0.05) is 109 Å². The standard InChI is InChI=1S/2C18H15P.C5H10O4.Cu/c2*1-4-10-16(11-5-1)19(17-12-6-2-7-13-17)18-14-8-3-9-15-18;1-8-2-3-9-4-5(6)7;/h2*1-15H;2-4H2,1H3,(H,6,7);/q;;;+1/p+1. The third-order valence-electron chi connectivity index (χ3n) is 7.03. The van der Waals surface area contributed by atoms with Crippen LogP contribution in [-0.2, 0) is 31.3 Å². The zero-order valence-corrected chi connectivity index (χ0v) is 29.8. The molecular weight excluding hydrogens is 682 g/mol. The molecule has 48 heavy (non-hydrogen) atoms.